The van der Waals surface area contributed by atoms with Crippen molar-refractivity contribution < 1.29 is 19.1 Å². The number of carbonyl (C=O) groups excluding carboxylic acids is 3. The second kappa shape index (κ2) is 8.08. The Labute approximate surface area is 166 Å². The zero-order chi connectivity index (χ0) is 21.2. The Kier molecular flexibility index (Phi) is 6.21. The number of hydrogen-bond acceptors (Lipinski definition) is 5. The van der Waals surface area contributed by atoms with Gasteiger partial charge in [0.2, 0.25) is 11.8 Å². The number of hydrogen-bond donors (Lipinski definition) is 1. The van der Waals surface area contributed by atoms with Crippen LogP contribution in [-0.2, 0) is 9.59 Å². The van der Waals surface area contributed by atoms with Crippen LogP contribution in [0.25, 0.3) is 0 Å². The molecule has 8 heteroatoms. The van der Waals surface area contributed by atoms with Crippen molar-refractivity contribution in [3.05, 3.63) is 23.8 Å². The lowest BCUT2D eigenvalue weighted by Crippen LogP contribution is -2.56. The van der Waals surface area contributed by atoms with Gasteiger partial charge in [0.1, 0.15) is 17.9 Å². The quantitative estimate of drug-likeness (QED) is 0.810. The molecular formula is C20H30N4O4. The molecule has 1 aromatic rings. The number of nitrogens with zero attached hydrogens (tertiary/aromatic N) is 3. The maximum atomic E-state index is 12.8. The number of ether oxygens (including phenoxy) is 1. The molecule has 1 aromatic carbocycles. The summed E-state index contributed by atoms with van der Waals surface area (Å²) in [6.07, 6.45) is 0.193. The fourth-order valence-corrected chi connectivity index (χ4v) is 3.11. The van der Waals surface area contributed by atoms with E-state index in [2.05, 4.69) is 5.32 Å². The maximum Gasteiger partial charge on any atom is 0.253 e. The standard InChI is InChI=1S/C20H30N4O4/c1-20(2,19(27)21-3)24(7)17(25)11-14-12-28-16-9-8-13(18(26)22(4)5)10-15(16)23(14)6/h8-10,14H,11-12H2,1-7H3,(H,21,27). The van der Waals surface area contributed by atoms with Gasteiger partial charge in [0.15, 0.2) is 0 Å². The number of fused-ring (bicyclic) bond motifs is 1. The summed E-state index contributed by atoms with van der Waals surface area (Å²) in [5.74, 6) is 0.203. The molecule has 1 heterocycles. The van der Waals surface area contributed by atoms with Crippen molar-refractivity contribution in [1.82, 2.24) is 15.1 Å². The van der Waals surface area contributed by atoms with Gasteiger partial charge < -0.3 is 24.8 Å². The lowest BCUT2D eigenvalue weighted by Gasteiger charge is -2.39. The number of anilines is 1. The van der Waals surface area contributed by atoms with Crippen molar-refractivity contribution >= 4 is 23.4 Å². The third-order valence-electron chi connectivity index (χ3n) is 5.38. The molecule has 3 amide bonds. The van der Waals surface area contributed by atoms with Gasteiger partial charge in [0.05, 0.1) is 18.2 Å². The van der Waals surface area contributed by atoms with Crippen molar-refractivity contribution in [3.63, 3.8) is 0 Å². The van der Waals surface area contributed by atoms with E-state index < -0.39 is 5.54 Å². The highest BCUT2D eigenvalue weighted by molar-refractivity contribution is 5.95. The van der Waals surface area contributed by atoms with E-state index in [1.54, 1.807) is 60.2 Å². The second-order valence-corrected chi connectivity index (χ2v) is 7.75. The number of benzene rings is 1. The van der Waals surface area contributed by atoms with Gasteiger partial charge in [-0.15, -0.1) is 0 Å². The fraction of sp³-hybridized carbons (Fsp3) is 0.550. The summed E-state index contributed by atoms with van der Waals surface area (Å²) in [4.78, 5) is 42.1. The first kappa shape index (κ1) is 21.5. The number of rotatable bonds is 5. The van der Waals surface area contributed by atoms with Gasteiger partial charge in [0, 0.05) is 40.8 Å². The summed E-state index contributed by atoms with van der Waals surface area (Å²) < 4.78 is 5.82. The Morgan fingerprint density at radius 3 is 2.46 bits per heavy atom. The molecule has 1 N–H and O–H groups in total. The molecule has 0 radical (unpaired) electrons. The fourth-order valence-electron chi connectivity index (χ4n) is 3.11. The summed E-state index contributed by atoms with van der Waals surface area (Å²) in [7, 11) is 8.46. The van der Waals surface area contributed by atoms with Crippen molar-refractivity contribution in [1.29, 1.82) is 0 Å². The SMILES string of the molecule is CNC(=O)C(C)(C)N(C)C(=O)CC1COc2ccc(C(=O)N(C)C)cc2N1C. The first-order valence-corrected chi connectivity index (χ1v) is 9.20. The van der Waals surface area contributed by atoms with Gasteiger partial charge in [-0.1, -0.05) is 0 Å². The van der Waals surface area contributed by atoms with Gasteiger partial charge in [0.25, 0.3) is 5.91 Å². The Hall–Kier alpha value is -2.77. The van der Waals surface area contributed by atoms with Gasteiger partial charge >= 0.3 is 0 Å². The van der Waals surface area contributed by atoms with Crippen LogP contribution in [0.2, 0.25) is 0 Å². The molecule has 0 aromatic heterocycles. The molecule has 0 saturated carbocycles. The van der Waals surface area contributed by atoms with Crippen LogP contribution in [-0.4, -0.2) is 80.9 Å². The summed E-state index contributed by atoms with van der Waals surface area (Å²) in [6, 6.07) is 5.10. The van der Waals surface area contributed by atoms with E-state index in [1.807, 2.05) is 11.9 Å². The zero-order valence-electron chi connectivity index (χ0n) is 17.7. The molecule has 0 fully saturated rings. The topological polar surface area (TPSA) is 82.2 Å². The molecule has 0 aliphatic carbocycles. The minimum atomic E-state index is -0.955. The van der Waals surface area contributed by atoms with E-state index in [9.17, 15) is 14.4 Å². The van der Waals surface area contributed by atoms with E-state index >= 15 is 0 Å². The number of likely N-dealkylation sites (N-methyl/N-ethyl adjacent to an activating group) is 3. The first-order valence-electron chi connectivity index (χ1n) is 9.20. The molecule has 0 saturated heterocycles. The Morgan fingerprint density at radius 1 is 1.25 bits per heavy atom. The third-order valence-corrected chi connectivity index (χ3v) is 5.38. The molecule has 1 atom stereocenters. The highest BCUT2D eigenvalue weighted by Crippen LogP contribution is 2.35. The molecule has 1 unspecified atom stereocenters. The molecule has 1 aliphatic rings. The Bertz CT molecular complexity index is 775. The van der Waals surface area contributed by atoms with Crippen LogP contribution >= 0.6 is 0 Å². The third kappa shape index (κ3) is 4.05. The van der Waals surface area contributed by atoms with Crippen LogP contribution in [0.4, 0.5) is 5.69 Å². The first-order chi connectivity index (χ1) is 13.0. The van der Waals surface area contributed by atoms with Crippen LogP contribution in [0.15, 0.2) is 18.2 Å². The summed E-state index contributed by atoms with van der Waals surface area (Å²) in [5.41, 5.74) is 0.373. The monoisotopic (exact) mass is 390 g/mol. The predicted octanol–water partition coefficient (Wildman–Crippen LogP) is 0.959. The minimum Gasteiger partial charge on any atom is -0.489 e. The molecule has 0 bridgehead atoms. The van der Waals surface area contributed by atoms with E-state index in [-0.39, 0.29) is 30.2 Å². The van der Waals surface area contributed by atoms with Crippen molar-refractivity contribution in [3.8, 4) is 5.75 Å². The molecule has 28 heavy (non-hydrogen) atoms. The molecule has 154 valence electrons. The number of nitrogens with one attached hydrogen (secondary N) is 1. The molecule has 2 rings (SSSR count). The molecule has 8 nitrogen and oxygen atoms in total. The van der Waals surface area contributed by atoms with Gasteiger partial charge in [-0.3, -0.25) is 14.4 Å². The maximum absolute atomic E-state index is 12.8. The van der Waals surface area contributed by atoms with E-state index in [0.29, 0.717) is 17.9 Å². The van der Waals surface area contributed by atoms with Gasteiger partial charge in [-0.05, 0) is 32.0 Å². The summed E-state index contributed by atoms with van der Waals surface area (Å²) >= 11 is 0. The smallest absolute Gasteiger partial charge is 0.253 e. The molecular weight excluding hydrogens is 360 g/mol. The van der Waals surface area contributed by atoms with Crippen LogP contribution in [0.1, 0.15) is 30.6 Å². The van der Waals surface area contributed by atoms with Crippen LogP contribution in [0.3, 0.4) is 0 Å². The minimum absolute atomic E-state index is 0.0959. The van der Waals surface area contributed by atoms with Gasteiger partial charge in [-0.25, -0.2) is 0 Å². The average molecular weight is 390 g/mol. The lowest BCUT2D eigenvalue weighted by atomic mass is 10.0. The zero-order valence-corrected chi connectivity index (χ0v) is 17.7. The lowest BCUT2D eigenvalue weighted by molar-refractivity contribution is -0.144. The summed E-state index contributed by atoms with van der Waals surface area (Å²) in [6.45, 7) is 3.77. The Balaban J connectivity index is 2.18. The molecule has 0 spiro atoms. The predicted molar refractivity (Wildman–Crippen MR) is 108 cm³/mol. The molecule has 1 aliphatic heterocycles. The number of carbonyl (C=O) groups is 3. The van der Waals surface area contributed by atoms with Gasteiger partial charge in [-0.2, -0.15) is 0 Å². The van der Waals surface area contributed by atoms with E-state index in [1.165, 1.54) is 9.80 Å². The highest BCUT2D eigenvalue weighted by Gasteiger charge is 2.36. The average Bonchev–Trinajstić information content (AvgIpc) is 2.67. The highest BCUT2D eigenvalue weighted by atomic mass is 16.5. The Morgan fingerprint density at radius 2 is 1.89 bits per heavy atom. The van der Waals surface area contributed by atoms with Crippen molar-refractivity contribution in [2.75, 3.05) is 46.7 Å². The van der Waals surface area contributed by atoms with E-state index in [4.69, 9.17) is 4.74 Å². The van der Waals surface area contributed by atoms with E-state index in [0.717, 1.165) is 5.69 Å². The van der Waals surface area contributed by atoms with Crippen molar-refractivity contribution in [2.24, 2.45) is 0 Å². The largest absolute Gasteiger partial charge is 0.489 e. The number of amides is 3. The second-order valence-electron chi connectivity index (χ2n) is 7.75. The van der Waals surface area contributed by atoms with Crippen LogP contribution in [0.5, 0.6) is 5.75 Å². The van der Waals surface area contributed by atoms with Crippen LogP contribution in [0, 0.1) is 0 Å². The van der Waals surface area contributed by atoms with Crippen molar-refractivity contribution in [2.45, 2.75) is 31.8 Å². The normalized spacial score (nSPS) is 16.0. The summed E-state index contributed by atoms with van der Waals surface area (Å²) in [5, 5.41) is 2.59. The van der Waals surface area contributed by atoms with Crippen LogP contribution < -0.4 is 15.0 Å².